The van der Waals surface area contributed by atoms with E-state index in [0.29, 0.717) is 5.92 Å². The van der Waals surface area contributed by atoms with Crippen molar-refractivity contribution >= 4 is 17.6 Å². The molecule has 1 aromatic rings. The fourth-order valence-electron chi connectivity index (χ4n) is 1.55. The molecule has 2 heteroatoms. The molecule has 92 valence electrons. The van der Waals surface area contributed by atoms with Gasteiger partial charge in [-0.05, 0) is 51.1 Å². The maximum Gasteiger partial charge on any atom is 0.0660 e. The van der Waals surface area contributed by atoms with Crippen LogP contribution in [0.15, 0.2) is 28.2 Å². The lowest BCUT2D eigenvalue weighted by molar-refractivity contribution is 0.782. The quantitative estimate of drug-likeness (QED) is 0.695. The van der Waals surface area contributed by atoms with Crippen LogP contribution in [0.4, 0.5) is 5.69 Å². The van der Waals surface area contributed by atoms with Crippen LogP contribution in [-0.4, -0.2) is 18.5 Å². The Hall–Kier alpha value is -1.44. The molecule has 0 aliphatic rings. The molecule has 1 unspecified atom stereocenters. The molecule has 0 aliphatic carbocycles. The number of aliphatic imine (C=N–C) groups is 2. The summed E-state index contributed by atoms with van der Waals surface area (Å²) >= 11 is 0. The van der Waals surface area contributed by atoms with Gasteiger partial charge in [0.05, 0.1) is 5.69 Å². The zero-order valence-corrected chi connectivity index (χ0v) is 11.5. The highest BCUT2D eigenvalue weighted by Crippen LogP contribution is 2.22. The summed E-state index contributed by atoms with van der Waals surface area (Å²) in [6.45, 7) is 11.2. The molecule has 17 heavy (non-hydrogen) atoms. The lowest BCUT2D eigenvalue weighted by atomic mass is 10.1. The van der Waals surface area contributed by atoms with Gasteiger partial charge >= 0.3 is 0 Å². The van der Waals surface area contributed by atoms with Crippen LogP contribution in [0.25, 0.3) is 0 Å². The van der Waals surface area contributed by atoms with Crippen molar-refractivity contribution in [2.24, 2.45) is 15.9 Å². The van der Waals surface area contributed by atoms with Crippen LogP contribution < -0.4 is 0 Å². The third kappa shape index (κ3) is 3.81. The van der Waals surface area contributed by atoms with Gasteiger partial charge in [-0.15, -0.1) is 0 Å². The molecule has 0 radical (unpaired) electrons. The summed E-state index contributed by atoms with van der Waals surface area (Å²) in [5, 5.41) is 0. The normalized spacial score (nSPS) is 14.3. The van der Waals surface area contributed by atoms with Crippen LogP contribution in [0.1, 0.15) is 31.9 Å². The first-order valence-corrected chi connectivity index (χ1v) is 6.12. The maximum atomic E-state index is 4.71. The summed E-state index contributed by atoms with van der Waals surface area (Å²) in [6, 6.07) is 6.25. The van der Waals surface area contributed by atoms with E-state index in [9.17, 15) is 0 Å². The van der Waals surface area contributed by atoms with Crippen LogP contribution >= 0.6 is 0 Å². The topological polar surface area (TPSA) is 24.7 Å². The van der Waals surface area contributed by atoms with Crippen molar-refractivity contribution in [1.29, 1.82) is 0 Å². The van der Waals surface area contributed by atoms with Crippen LogP contribution in [0, 0.1) is 19.8 Å². The smallest absolute Gasteiger partial charge is 0.0660 e. The second-order valence-electron chi connectivity index (χ2n) is 4.50. The van der Waals surface area contributed by atoms with Crippen molar-refractivity contribution in [2.75, 3.05) is 6.54 Å². The Balaban J connectivity index is 2.90. The molecule has 0 spiro atoms. The van der Waals surface area contributed by atoms with Gasteiger partial charge in [0, 0.05) is 18.2 Å². The molecule has 0 aliphatic heterocycles. The van der Waals surface area contributed by atoms with Crippen molar-refractivity contribution < 1.29 is 0 Å². The Kier molecular flexibility index (Phi) is 5.08. The lowest BCUT2D eigenvalue weighted by Gasteiger charge is -2.10. The zero-order valence-electron chi connectivity index (χ0n) is 11.5. The molecule has 0 fully saturated rings. The third-order valence-corrected chi connectivity index (χ3v) is 3.15. The van der Waals surface area contributed by atoms with E-state index in [2.05, 4.69) is 50.9 Å². The maximum absolute atomic E-state index is 4.71. The molecular weight excluding hydrogens is 208 g/mol. The van der Waals surface area contributed by atoms with Gasteiger partial charge in [0.1, 0.15) is 0 Å². The van der Waals surface area contributed by atoms with Crippen molar-refractivity contribution in [3.05, 3.63) is 29.3 Å². The van der Waals surface area contributed by atoms with Gasteiger partial charge in [-0.25, -0.2) is 0 Å². The van der Waals surface area contributed by atoms with E-state index in [-0.39, 0.29) is 0 Å². The number of hydrogen-bond donors (Lipinski definition) is 0. The lowest BCUT2D eigenvalue weighted by Crippen LogP contribution is -2.10. The van der Waals surface area contributed by atoms with E-state index in [4.69, 9.17) is 4.99 Å². The monoisotopic (exact) mass is 230 g/mol. The van der Waals surface area contributed by atoms with E-state index in [0.717, 1.165) is 17.9 Å². The Morgan fingerprint density at radius 1 is 1.35 bits per heavy atom. The van der Waals surface area contributed by atoms with E-state index < -0.39 is 0 Å². The predicted octanol–water partition coefficient (Wildman–Crippen LogP) is 4.12. The molecule has 0 saturated heterocycles. The highest BCUT2D eigenvalue weighted by atomic mass is 14.8. The summed E-state index contributed by atoms with van der Waals surface area (Å²) in [4.78, 5) is 8.98. The van der Waals surface area contributed by atoms with Crippen molar-refractivity contribution in [3.63, 3.8) is 0 Å². The van der Waals surface area contributed by atoms with E-state index in [1.807, 2.05) is 13.1 Å². The second-order valence-corrected chi connectivity index (χ2v) is 4.50. The minimum absolute atomic E-state index is 0.395. The predicted molar refractivity (Wildman–Crippen MR) is 76.9 cm³/mol. The van der Waals surface area contributed by atoms with Gasteiger partial charge in [0.25, 0.3) is 0 Å². The minimum Gasteiger partial charge on any atom is -0.297 e. The molecule has 0 bridgehead atoms. The van der Waals surface area contributed by atoms with Gasteiger partial charge in [-0.1, -0.05) is 19.1 Å². The summed E-state index contributed by atoms with van der Waals surface area (Å²) < 4.78 is 0. The Morgan fingerprint density at radius 2 is 2.06 bits per heavy atom. The van der Waals surface area contributed by atoms with Crippen LogP contribution in [-0.2, 0) is 0 Å². The Bertz CT molecular complexity index is 431. The van der Waals surface area contributed by atoms with E-state index in [1.54, 1.807) is 0 Å². The Morgan fingerprint density at radius 3 is 2.71 bits per heavy atom. The van der Waals surface area contributed by atoms with E-state index >= 15 is 0 Å². The molecule has 0 aromatic heterocycles. The van der Waals surface area contributed by atoms with Crippen molar-refractivity contribution in [2.45, 2.75) is 34.6 Å². The molecule has 0 heterocycles. The number of rotatable bonds is 4. The molecule has 2 nitrogen and oxygen atoms in total. The van der Waals surface area contributed by atoms with Crippen LogP contribution in [0.5, 0.6) is 0 Å². The molecule has 0 N–H and O–H groups in total. The Labute approximate surface area is 105 Å². The number of nitrogens with zero attached hydrogens (tertiary/aromatic N) is 2. The van der Waals surface area contributed by atoms with Gasteiger partial charge < -0.3 is 0 Å². The average molecular weight is 230 g/mol. The van der Waals surface area contributed by atoms with Gasteiger partial charge in [0.2, 0.25) is 0 Å². The minimum atomic E-state index is 0.395. The summed E-state index contributed by atoms with van der Waals surface area (Å²) in [7, 11) is 0. The summed E-state index contributed by atoms with van der Waals surface area (Å²) in [5.41, 5.74) is 4.77. The second kappa shape index (κ2) is 6.33. The standard InChI is InChI=1S/C15H22N2/c1-6-16-10-12(3)14(5)17-15-9-7-8-11(2)13(15)4/h6-9,12H,10H2,1-5H3. The van der Waals surface area contributed by atoms with Gasteiger partial charge in [-0.3, -0.25) is 9.98 Å². The molecule has 1 atom stereocenters. The van der Waals surface area contributed by atoms with E-state index in [1.165, 1.54) is 11.1 Å². The highest BCUT2D eigenvalue weighted by Gasteiger charge is 2.06. The zero-order chi connectivity index (χ0) is 12.8. The number of hydrogen-bond acceptors (Lipinski definition) is 2. The first-order valence-electron chi connectivity index (χ1n) is 6.12. The summed E-state index contributed by atoms with van der Waals surface area (Å²) in [5.74, 6) is 0.395. The molecule has 1 rings (SSSR count). The van der Waals surface area contributed by atoms with Gasteiger partial charge in [0.15, 0.2) is 0 Å². The fraction of sp³-hybridized carbons (Fsp3) is 0.467. The molecule has 0 amide bonds. The third-order valence-electron chi connectivity index (χ3n) is 3.15. The largest absolute Gasteiger partial charge is 0.297 e. The number of benzene rings is 1. The first-order chi connectivity index (χ1) is 8.06. The van der Waals surface area contributed by atoms with Crippen LogP contribution in [0.3, 0.4) is 0 Å². The fourth-order valence-corrected chi connectivity index (χ4v) is 1.55. The van der Waals surface area contributed by atoms with Crippen LogP contribution in [0.2, 0.25) is 0 Å². The first kappa shape index (κ1) is 13.6. The average Bonchev–Trinajstić information content (AvgIpc) is 2.31. The SMILES string of the molecule is CC=NCC(C)C(C)=Nc1cccc(C)c1C. The molecule has 1 aromatic carbocycles. The number of aryl methyl sites for hydroxylation is 1. The summed E-state index contributed by atoms with van der Waals surface area (Å²) in [6.07, 6.45) is 1.85. The van der Waals surface area contributed by atoms with Crippen molar-refractivity contribution in [1.82, 2.24) is 0 Å². The molecule has 0 saturated carbocycles. The highest BCUT2D eigenvalue weighted by molar-refractivity contribution is 5.87. The van der Waals surface area contributed by atoms with Crippen molar-refractivity contribution in [3.8, 4) is 0 Å². The molecular formula is C15H22N2. The van der Waals surface area contributed by atoms with Gasteiger partial charge in [-0.2, -0.15) is 0 Å².